The largest absolute Gasteiger partial charge is 0.497 e. The zero-order valence-electron chi connectivity index (χ0n) is 16.6. The number of carbonyl (C=O) groups excluding carboxylic acids is 1. The first-order chi connectivity index (χ1) is 14.0. The van der Waals surface area contributed by atoms with Crippen LogP contribution in [0.2, 0.25) is 5.02 Å². The van der Waals surface area contributed by atoms with Crippen LogP contribution in [0, 0.1) is 0 Å². The number of ether oxygens (including phenoxy) is 1. The lowest BCUT2D eigenvalue weighted by atomic mass is 10.1. The minimum absolute atomic E-state index is 0.0567. The average molecular weight is 429 g/mol. The summed E-state index contributed by atoms with van der Waals surface area (Å²) in [5.74, 6) is 0.768. The van der Waals surface area contributed by atoms with E-state index >= 15 is 0 Å². The van der Waals surface area contributed by atoms with Gasteiger partial charge in [-0.25, -0.2) is 0 Å². The summed E-state index contributed by atoms with van der Waals surface area (Å²) in [6.07, 6.45) is 0.901. The smallest absolute Gasteiger partial charge is 0.238 e. The normalized spacial score (nSPS) is 12.0. The van der Waals surface area contributed by atoms with Crippen molar-refractivity contribution in [3.63, 3.8) is 0 Å². The van der Waals surface area contributed by atoms with Crippen molar-refractivity contribution >= 4 is 34.5 Å². The van der Waals surface area contributed by atoms with Crippen LogP contribution in [0.3, 0.4) is 0 Å². The number of benzene rings is 2. The molecule has 0 saturated heterocycles. The number of amides is 1. The van der Waals surface area contributed by atoms with Gasteiger partial charge in [-0.1, -0.05) is 35.9 Å². The molecule has 1 heterocycles. The monoisotopic (exact) mass is 428 g/mol. The second kappa shape index (κ2) is 10.4. The second-order valence-electron chi connectivity index (χ2n) is 6.94. The first kappa shape index (κ1) is 21.4. The van der Waals surface area contributed by atoms with Crippen LogP contribution in [0.25, 0.3) is 0 Å². The van der Waals surface area contributed by atoms with Crippen LogP contribution in [0.1, 0.15) is 17.4 Å². The standard InChI is InChI=1S/C23H25ClN2O2S/c1-17(13-22-7-4-12-29-22)26(15-18-8-10-21(28-2)11-9-18)16-23(27)25-20-6-3-5-19(24)14-20/h3-12,14,17H,13,15-16H2,1-2H3,(H,25,27). The Morgan fingerprint density at radius 3 is 2.62 bits per heavy atom. The molecular weight excluding hydrogens is 404 g/mol. The van der Waals surface area contributed by atoms with Gasteiger partial charge in [-0.15, -0.1) is 11.3 Å². The molecule has 1 aromatic heterocycles. The van der Waals surface area contributed by atoms with Gasteiger partial charge in [0.2, 0.25) is 5.91 Å². The van der Waals surface area contributed by atoms with Gasteiger partial charge in [0, 0.05) is 28.2 Å². The zero-order chi connectivity index (χ0) is 20.6. The van der Waals surface area contributed by atoms with Gasteiger partial charge >= 0.3 is 0 Å². The van der Waals surface area contributed by atoms with Crippen molar-refractivity contribution in [1.82, 2.24) is 4.90 Å². The number of hydrogen-bond donors (Lipinski definition) is 1. The Bertz CT molecular complexity index is 913. The Morgan fingerprint density at radius 1 is 1.17 bits per heavy atom. The molecule has 0 fully saturated rings. The highest BCUT2D eigenvalue weighted by molar-refractivity contribution is 7.09. The molecule has 3 rings (SSSR count). The molecule has 29 heavy (non-hydrogen) atoms. The van der Waals surface area contributed by atoms with Gasteiger partial charge < -0.3 is 10.1 Å². The van der Waals surface area contributed by atoms with Crippen molar-refractivity contribution in [3.05, 3.63) is 81.5 Å². The highest BCUT2D eigenvalue weighted by Crippen LogP contribution is 2.19. The lowest BCUT2D eigenvalue weighted by Gasteiger charge is -2.28. The number of nitrogens with one attached hydrogen (secondary N) is 1. The van der Waals surface area contributed by atoms with E-state index in [1.807, 2.05) is 36.4 Å². The van der Waals surface area contributed by atoms with Gasteiger partial charge in [0.05, 0.1) is 13.7 Å². The summed E-state index contributed by atoms with van der Waals surface area (Å²) in [6, 6.07) is 19.6. The first-order valence-corrected chi connectivity index (χ1v) is 10.7. The number of thiophene rings is 1. The van der Waals surface area contributed by atoms with E-state index in [4.69, 9.17) is 16.3 Å². The zero-order valence-corrected chi connectivity index (χ0v) is 18.2. The molecule has 0 aliphatic rings. The van der Waals surface area contributed by atoms with Crippen LogP contribution in [-0.4, -0.2) is 30.5 Å². The van der Waals surface area contributed by atoms with E-state index in [9.17, 15) is 4.79 Å². The Labute approximate surface area is 181 Å². The van der Waals surface area contributed by atoms with Crippen molar-refractivity contribution in [1.29, 1.82) is 0 Å². The highest BCUT2D eigenvalue weighted by Gasteiger charge is 2.19. The van der Waals surface area contributed by atoms with Gasteiger partial charge in [0.1, 0.15) is 5.75 Å². The summed E-state index contributed by atoms with van der Waals surface area (Å²) >= 11 is 7.77. The second-order valence-corrected chi connectivity index (χ2v) is 8.41. The van der Waals surface area contributed by atoms with Crippen molar-refractivity contribution in [2.75, 3.05) is 19.0 Å². The maximum atomic E-state index is 12.7. The molecule has 0 aliphatic heterocycles. The third-order valence-electron chi connectivity index (χ3n) is 4.70. The highest BCUT2D eigenvalue weighted by atomic mass is 35.5. The van der Waals surface area contributed by atoms with Crippen molar-refractivity contribution in [2.24, 2.45) is 0 Å². The molecule has 0 aliphatic carbocycles. The molecular formula is C23H25ClN2O2S. The van der Waals surface area contributed by atoms with Gasteiger partial charge in [-0.2, -0.15) is 0 Å². The molecule has 1 atom stereocenters. The minimum atomic E-state index is -0.0567. The van der Waals surface area contributed by atoms with Gasteiger partial charge in [0.25, 0.3) is 0 Å². The molecule has 3 aromatic rings. The summed E-state index contributed by atoms with van der Waals surface area (Å²) in [7, 11) is 1.66. The summed E-state index contributed by atoms with van der Waals surface area (Å²) in [4.78, 5) is 16.2. The molecule has 4 nitrogen and oxygen atoms in total. The first-order valence-electron chi connectivity index (χ1n) is 9.48. The van der Waals surface area contributed by atoms with E-state index in [0.717, 1.165) is 17.7 Å². The van der Waals surface area contributed by atoms with Crippen molar-refractivity contribution in [2.45, 2.75) is 25.9 Å². The van der Waals surface area contributed by atoms with E-state index in [-0.39, 0.29) is 11.9 Å². The quantitative estimate of drug-likeness (QED) is 0.490. The van der Waals surface area contributed by atoms with Crippen LogP contribution < -0.4 is 10.1 Å². The number of rotatable bonds is 9. The Morgan fingerprint density at radius 2 is 1.97 bits per heavy atom. The fraction of sp³-hybridized carbons (Fsp3) is 0.261. The van der Waals surface area contributed by atoms with Crippen molar-refractivity contribution in [3.8, 4) is 5.75 Å². The predicted octanol–water partition coefficient (Wildman–Crippen LogP) is 5.48. The molecule has 0 spiro atoms. The summed E-state index contributed by atoms with van der Waals surface area (Å²) in [6.45, 7) is 3.14. The van der Waals surface area contributed by atoms with Crippen LogP contribution in [0.5, 0.6) is 5.75 Å². The molecule has 0 bridgehead atoms. The van der Waals surface area contributed by atoms with E-state index in [1.54, 1.807) is 30.6 Å². The molecule has 0 radical (unpaired) electrons. The number of methoxy groups -OCH3 is 1. The third kappa shape index (κ3) is 6.60. The number of hydrogen-bond acceptors (Lipinski definition) is 4. The average Bonchev–Trinajstić information content (AvgIpc) is 3.21. The summed E-state index contributed by atoms with van der Waals surface area (Å²) < 4.78 is 5.25. The SMILES string of the molecule is COc1ccc(CN(CC(=O)Nc2cccc(Cl)c2)C(C)Cc2cccs2)cc1. The Hall–Kier alpha value is -2.34. The molecule has 152 valence electrons. The lowest BCUT2D eigenvalue weighted by molar-refractivity contribution is -0.118. The molecule has 6 heteroatoms. The van der Waals surface area contributed by atoms with E-state index < -0.39 is 0 Å². The molecule has 2 aromatic carbocycles. The molecule has 0 saturated carbocycles. The van der Waals surface area contributed by atoms with Gasteiger partial charge in [0.15, 0.2) is 0 Å². The van der Waals surface area contributed by atoms with Crippen LogP contribution in [0.4, 0.5) is 5.69 Å². The van der Waals surface area contributed by atoms with Crippen LogP contribution >= 0.6 is 22.9 Å². The fourth-order valence-electron chi connectivity index (χ4n) is 3.13. The van der Waals surface area contributed by atoms with E-state index in [0.29, 0.717) is 23.8 Å². The molecule has 1 N–H and O–H groups in total. The summed E-state index contributed by atoms with van der Waals surface area (Å²) in [5.41, 5.74) is 1.84. The lowest BCUT2D eigenvalue weighted by Crippen LogP contribution is -2.40. The van der Waals surface area contributed by atoms with Gasteiger partial charge in [-0.3, -0.25) is 9.69 Å². The van der Waals surface area contributed by atoms with Crippen molar-refractivity contribution < 1.29 is 9.53 Å². The number of anilines is 1. The molecule has 1 amide bonds. The number of nitrogens with zero attached hydrogens (tertiary/aromatic N) is 1. The number of halogens is 1. The van der Waals surface area contributed by atoms with E-state index in [2.05, 4.69) is 34.7 Å². The maximum Gasteiger partial charge on any atom is 0.238 e. The summed E-state index contributed by atoms with van der Waals surface area (Å²) in [5, 5.41) is 5.63. The Kier molecular flexibility index (Phi) is 7.69. The maximum absolute atomic E-state index is 12.7. The Balaban J connectivity index is 1.70. The van der Waals surface area contributed by atoms with Crippen LogP contribution in [-0.2, 0) is 17.8 Å². The van der Waals surface area contributed by atoms with E-state index in [1.165, 1.54) is 4.88 Å². The topological polar surface area (TPSA) is 41.6 Å². The van der Waals surface area contributed by atoms with Crippen LogP contribution in [0.15, 0.2) is 66.0 Å². The van der Waals surface area contributed by atoms with Gasteiger partial charge in [-0.05, 0) is 60.7 Å². The minimum Gasteiger partial charge on any atom is -0.497 e. The third-order valence-corrected chi connectivity index (χ3v) is 5.83. The predicted molar refractivity (Wildman–Crippen MR) is 121 cm³/mol. The number of carbonyl (C=O) groups is 1. The molecule has 1 unspecified atom stereocenters. The fourth-order valence-corrected chi connectivity index (χ4v) is 4.15.